The van der Waals surface area contributed by atoms with Gasteiger partial charge in [0.15, 0.2) is 6.61 Å². The third-order valence-corrected chi connectivity index (χ3v) is 4.31. The van der Waals surface area contributed by atoms with Crippen molar-refractivity contribution in [2.45, 2.75) is 46.3 Å². The highest BCUT2D eigenvalue weighted by atomic mass is 79.9. The summed E-state index contributed by atoms with van der Waals surface area (Å²) < 4.78 is 16.7. The van der Waals surface area contributed by atoms with Crippen LogP contribution in [0.2, 0.25) is 0 Å². The number of hydrogen-bond donors (Lipinski definition) is 2. The molecule has 158 valence electrons. The third-order valence-electron chi connectivity index (χ3n) is 3.82. The molecule has 0 saturated carbocycles. The van der Waals surface area contributed by atoms with Crippen molar-refractivity contribution in [3.8, 4) is 5.75 Å². The summed E-state index contributed by atoms with van der Waals surface area (Å²) in [5, 5.41) is 5.33. The summed E-state index contributed by atoms with van der Waals surface area (Å²) in [6.07, 6.45) is 0. The van der Waals surface area contributed by atoms with Gasteiger partial charge in [-0.25, -0.2) is 14.4 Å². The Balaban J connectivity index is 2.44. The number of hydrogen-bond acceptors (Lipinski definition) is 6. The first-order chi connectivity index (χ1) is 13.5. The van der Waals surface area contributed by atoms with E-state index in [2.05, 4.69) is 26.6 Å². The zero-order valence-corrected chi connectivity index (χ0v) is 18.6. The van der Waals surface area contributed by atoms with Gasteiger partial charge in [0.05, 0.1) is 18.2 Å². The van der Waals surface area contributed by atoms with E-state index in [1.165, 1.54) is 0 Å². The molecule has 8 nitrogen and oxygen atoms in total. The summed E-state index contributed by atoms with van der Waals surface area (Å²) in [5.74, 6) is -0.749. The number of carbonyl (C=O) groups excluding carboxylic acids is 3. The van der Waals surface area contributed by atoms with Crippen LogP contribution in [0.4, 0.5) is 4.79 Å². The van der Waals surface area contributed by atoms with Crippen LogP contribution in [-0.4, -0.2) is 36.8 Å². The molecule has 1 aromatic carbocycles. The zero-order chi connectivity index (χ0) is 21.8. The molecule has 1 atom stereocenters. The maximum absolute atomic E-state index is 12.9. The Hall–Kier alpha value is -2.55. The van der Waals surface area contributed by atoms with E-state index < -0.39 is 29.6 Å². The van der Waals surface area contributed by atoms with Gasteiger partial charge in [0, 0.05) is 15.7 Å². The van der Waals surface area contributed by atoms with Gasteiger partial charge in [-0.15, -0.1) is 0 Å². The van der Waals surface area contributed by atoms with Crippen molar-refractivity contribution in [1.29, 1.82) is 0 Å². The van der Waals surface area contributed by atoms with Gasteiger partial charge in [0.1, 0.15) is 11.4 Å². The number of ether oxygens (including phenoxy) is 3. The summed E-state index contributed by atoms with van der Waals surface area (Å²) in [5.41, 5.74) is 0.415. The van der Waals surface area contributed by atoms with Crippen LogP contribution in [0.15, 0.2) is 33.9 Å². The molecule has 0 aromatic heterocycles. The molecule has 1 aromatic rings. The van der Waals surface area contributed by atoms with Gasteiger partial charge >= 0.3 is 18.0 Å². The van der Waals surface area contributed by atoms with Crippen molar-refractivity contribution < 1.29 is 28.6 Å². The molecule has 0 aliphatic carbocycles. The second-order valence-corrected chi connectivity index (χ2v) is 8.26. The highest BCUT2D eigenvalue weighted by Crippen LogP contribution is 2.36. The number of amides is 2. The van der Waals surface area contributed by atoms with Crippen LogP contribution in [-0.2, 0) is 19.1 Å². The minimum Gasteiger partial charge on any atom is -0.482 e. The first-order valence-corrected chi connectivity index (χ1v) is 9.90. The van der Waals surface area contributed by atoms with Gasteiger partial charge in [-0.1, -0.05) is 15.9 Å². The number of carbonyl (C=O) groups is 3. The monoisotopic (exact) mass is 468 g/mol. The van der Waals surface area contributed by atoms with E-state index in [1.54, 1.807) is 52.8 Å². The van der Waals surface area contributed by atoms with Gasteiger partial charge in [-0.3, -0.25) is 0 Å². The molecule has 29 heavy (non-hydrogen) atoms. The molecule has 9 heteroatoms. The van der Waals surface area contributed by atoms with E-state index in [0.29, 0.717) is 21.5 Å². The molecular weight excluding hydrogens is 444 g/mol. The van der Waals surface area contributed by atoms with Crippen LogP contribution in [0.5, 0.6) is 5.75 Å². The highest BCUT2D eigenvalue weighted by Gasteiger charge is 2.35. The molecule has 2 amide bonds. The highest BCUT2D eigenvalue weighted by molar-refractivity contribution is 9.10. The molecule has 0 bridgehead atoms. The van der Waals surface area contributed by atoms with Crippen molar-refractivity contribution in [3.63, 3.8) is 0 Å². The number of allylic oxidation sites excluding steroid dienone is 1. The molecule has 0 radical (unpaired) electrons. The van der Waals surface area contributed by atoms with Crippen molar-refractivity contribution in [2.75, 3.05) is 13.2 Å². The lowest BCUT2D eigenvalue weighted by molar-refractivity contribution is -0.150. The standard InChI is InChI=1S/C20H25BrN2O6/c1-6-27-15(24)10-28-14-8-7-12(21)9-13(14)17-16(11(2)22-19(26)23-17)18(25)29-20(3,4)5/h7-9,17H,6,10H2,1-5H3,(H2,22,23,26). The van der Waals surface area contributed by atoms with Crippen LogP contribution in [0, 0.1) is 0 Å². The van der Waals surface area contributed by atoms with Gasteiger partial charge < -0.3 is 24.8 Å². The first kappa shape index (κ1) is 22.7. The molecule has 0 saturated heterocycles. The number of urea groups is 1. The largest absolute Gasteiger partial charge is 0.482 e. The molecule has 0 spiro atoms. The van der Waals surface area contributed by atoms with Crippen LogP contribution in [0.3, 0.4) is 0 Å². The van der Waals surface area contributed by atoms with E-state index in [0.717, 1.165) is 0 Å². The summed E-state index contributed by atoms with van der Waals surface area (Å²) in [6, 6.07) is 3.81. The minimum absolute atomic E-state index is 0.241. The summed E-state index contributed by atoms with van der Waals surface area (Å²) in [6.45, 7) is 8.56. The number of esters is 2. The fraction of sp³-hybridized carbons (Fsp3) is 0.450. The van der Waals surface area contributed by atoms with E-state index in [-0.39, 0.29) is 18.8 Å². The summed E-state index contributed by atoms with van der Waals surface area (Å²) in [7, 11) is 0. The van der Waals surface area contributed by atoms with Gasteiger partial charge in [0.2, 0.25) is 0 Å². The van der Waals surface area contributed by atoms with Crippen molar-refractivity contribution in [3.05, 3.63) is 39.5 Å². The number of halogens is 1. The lowest BCUT2D eigenvalue weighted by atomic mass is 9.94. The maximum atomic E-state index is 12.9. The molecule has 2 N–H and O–H groups in total. The predicted octanol–water partition coefficient (Wildman–Crippen LogP) is 3.36. The molecule has 1 aliphatic heterocycles. The lowest BCUT2D eigenvalue weighted by Gasteiger charge is -2.31. The van der Waals surface area contributed by atoms with Crippen LogP contribution < -0.4 is 15.4 Å². The van der Waals surface area contributed by atoms with E-state index in [4.69, 9.17) is 14.2 Å². The Kier molecular flexibility index (Phi) is 7.29. The lowest BCUT2D eigenvalue weighted by Crippen LogP contribution is -2.46. The van der Waals surface area contributed by atoms with Crippen molar-refractivity contribution >= 4 is 33.9 Å². The van der Waals surface area contributed by atoms with E-state index in [1.807, 2.05) is 0 Å². The predicted molar refractivity (Wildman–Crippen MR) is 109 cm³/mol. The smallest absolute Gasteiger partial charge is 0.344 e. The van der Waals surface area contributed by atoms with Gasteiger partial charge in [0.25, 0.3) is 0 Å². The van der Waals surface area contributed by atoms with Crippen molar-refractivity contribution in [2.24, 2.45) is 0 Å². The Labute approximate surface area is 178 Å². The molecule has 0 fully saturated rings. The Bertz CT molecular complexity index is 844. The molecule has 1 aliphatic rings. The van der Waals surface area contributed by atoms with Crippen LogP contribution in [0.25, 0.3) is 0 Å². The minimum atomic E-state index is -0.826. The zero-order valence-electron chi connectivity index (χ0n) is 17.1. The molecule has 1 heterocycles. The fourth-order valence-electron chi connectivity index (χ4n) is 2.75. The normalized spacial score (nSPS) is 16.6. The number of rotatable bonds is 6. The topological polar surface area (TPSA) is 103 Å². The average molecular weight is 469 g/mol. The SMILES string of the molecule is CCOC(=O)COc1ccc(Br)cc1C1NC(=O)NC(C)=C1C(=O)OC(C)(C)C. The maximum Gasteiger partial charge on any atom is 0.344 e. The fourth-order valence-corrected chi connectivity index (χ4v) is 3.13. The Morgan fingerprint density at radius 3 is 2.55 bits per heavy atom. The quantitative estimate of drug-likeness (QED) is 0.620. The van der Waals surface area contributed by atoms with E-state index >= 15 is 0 Å². The molecule has 1 unspecified atom stereocenters. The Morgan fingerprint density at radius 1 is 1.24 bits per heavy atom. The summed E-state index contributed by atoms with van der Waals surface area (Å²) >= 11 is 3.40. The van der Waals surface area contributed by atoms with E-state index in [9.17, 15) is 14.4 Å². The third kappa shape index (κ3) is 6.22. The van der Waals surface area contributed by atoms with Gasteiger partial charge in [-0.2, -0.15) is 0 Å². The van der Waals surface area contributed by atoms with Crippen molar-refractivity contribution in [1.82, 2.24) is 10.6 Å². The Morgan fingerprint density at radius 2 is 1.93 bits per heavy atom. The first-order valence-electron chi connectivity index (χ1n) is 9.11. The summed E-state index contributed by atoms with van der Waals surface area (Å²) in [4.78, 5) is 36.7. The average Bonchev–Trinajstić information content (AvgIpc) is 2.58. The van der Waals surface area contributed by atoms with Crippen LogP contribution in [0.1, 0.15) is 46.2 Å². The molecule has 2 rings (SSSR count). The second kappa shape index (κ2) is 9.30. The van der Waals surface area contributed by atoms with Gasteiger partial charge in [-0.05, 0) is 52.8 Å². The molecular formula is C20H25BrN2O6. The van der Waals surface area contributed by atoms with Crippen LogP contribution >= 0.6 is 15.9 Å². The number of benzene rings is 1. The number of nitrogens with one attached hydrogen (secondary N) is 2. The second-order valence-electron chi connectivity index (χ2n) is 7.35.